The molecule has 1 atom stereocenters. The van der Waals surface area contributed by atoms with Gasteiger partial charge in [-0.25, -0.2) is 9.59 Å². The van der Waals surface area contributed by atoms with E-state index in [0.29, 0.717) is 0 Å². The molecule has 1 aromatic carbocycles. The zero-order valence-electron chi connectivity index (χ0n) is 20.7. The van der Waals surface area contributed by atoms with E-state index in [1.807, 2.05) is 30.3 Å². The van der Waals surface area contributed by atoms with E-state index in [2.05, 4.69) is 19.2 Å². The molecule has 0 unspecified atom stereocenters. The summed E-state index contributed by atoms with van der Waals surface area (Å²) in [7, 11) is -0.204. The number of rotatable bonds is 14. The molecule has 1 aromatic rings. The van der Waals surface area contributed by atoms with Crippen molar-refractivity contribution in [2.75, 3.05) is 17.8 Å². The molecule has 0 heterocycles. The van der Waals surface area contributed by atoms with Crippen LogP contribution in [0.15, 0.2) is 30.3 Å². The van der Waals surface area contributed by atoms with Crippen LogP contribution in [-0.4, -0.2) is 46.6 Å². The van der Waals surface area contributed by atoms with E-state index >= 15 is 0 Å². The van der Waals surface area contributed by atoms with Gasteiger partial charge in [0.2, 0.25) is 0 Å². The van der Waals surface area contributed by atoms with Crippen molar-refractivity contribution < 1.29 is 23.9 Å². The zero-order chi connectivity index (χ0) is 24.7. The van der Waals surface area contributed by atoms with Crippen molar-refractivity contribution in [1.29, 1.82) is 0 Å². The third-order valence-corrected chi connectivity index (χ3v) is 9.00. The molecular weight excluding hydrogens is 457 g/mol. The average Bonchev–Trinajstić information content (AvgIpc) is 2.76. The molecule has 33 heavy (non-hydrogen) atoms. The Morgan fingerprint density at radius 2 is 1.64 bits per heavy atom. The standard InChI is InChI=1S/C25H40NO5PS/c1-6-8-15-32(16-9-7-2)19-33-22(27)17-21(26-24(29)31-25(3,4)5)23(28)30-18-20-13-11-10-12-14-20/h10-14,21H,6-9,15-19H2,1-5H3,(H,26,29)/t21-/m0/s1. The Balaban J connectivity index is 2.72. The average molecular weight is 498 g/mol. The van der Waals surface area contributed by atoms with Crippen molar-refractivity contribution in [2.24, 2.45) is 0 Å². The van der Waals surface area contributed by atoms with Gasteiger partial charge in [-0.05, 0) is 51.5 Å². The summed E-state index contributed by atoms with van der Waals surface area (Å²) in [5.41, 5.74) is 0.919. The molecule has 0 bridgehead atoms. The second-order valence-electron chi connectivity index (χ2n) is 8.97. The molecule has 0 aromatic heterocycles. The lowest BCUT2D eigenvalue weighted by Gasteiger charge is -2.23. The van der Waals surface area contributed by atoms with Gasteiger partial charge in [0, 0.05) is 11.9 Å². The number of amides is 1. The third kappa shape index (κ3) is 14.3. The Morgan fingerprint density at radius 1 is 1.03 bits per heavy atom. The molecule has 1 amide bonds. The lowest BCUT2D eigenvalue weighted by Crippen LogP contribution is -2.45. The van der Waals surface area contributed by atoms with Gasteiger partial charge in [0.05, 0.1) is 0 Å². The topological polar surface area (TPSA) is 81.7 Å². The van der Waals surface area contributed by atoms with E-state index in [1.54, 1.807) is 20.8 Å². The number of carbonyl (C=O) groups excluding carboxylic acids is 3. The quantitative estimate of drug-likeness (QED) is 0.239. The monoisotopic (exact) mass is 497 g/mol. The van der Waals surface area contributed by atoms with Crippen molar-refractivity contribution in [2.45, 2.75) is 85.0 Å². The fourth-order valence-electron chi connectivity index (χ4n) is 2.87. The molecule has 0 radical (unpaired) electrons. The van der Waals surface area contributed by atoms with Gasteiger partial charge in [-0.3, -0.25) is 4.79 Å². The molecule has 0 saturated heterocycles. The first-order valence-electron chi connectivity index (χ1n) is 11.7. The number of alkyl carbamates (subject to hydrolysis) is 1. The second-order valence-corrected chi connectivity index (χ2v) is 13.0. The van der Waals surface area contributed by atoms with E-state index in [0.717, 1.165) is 23.9 Å². The molecule has 0 spiro atoms. The first kappa shape index (κ1) is 29.4. The Bertz CT molecular complexity index is 715. The molecule has 0 aliphatic rings. The summed E-state index contributed by atoms with van der Waals surface area (Å²) in [6.07, 6.45) is 6.14. The van der Waals surface area contributed by atoms with Crippen LogP contribution in [0.5, 0.6) is 0 Å². The molecule has 0 aliphatic heterocycles. The van der Waals surface area contributed by atoms with Gasteiger partial charge in [-0.15, -0.1) is 0 Å². The highest BCUT2D eigenvalue weighted by Gasteiger charge is 2.28. The Kier molecular flexibility index (Phi) is 14.4. The summed E-state index contributed by atoms with van der Waals surface area (Å²) < 4.78 is 10.7. The van der Waals surface area contributed by atoms with Crippen molar-refractivity contribution in [3.05, 3.63) is 35.9 Å². The van der Waals surface area contributed by atoms with Gasteiger partial charge in [-0.1, -0.05) is 76.7 Å². The van der Waals surface area contributed by atoms with Crippen LogP contribution >= 0.6 is 19.7 Å². The largest absolute Gasteiger partial charge is 0.459 e. The minimum Gasteiger partial charge on any atom is -0.459 e. The molecule has 1 rings (SSSR count). The van der Waals surface area contributed by atoms with Crippen LogP contribution in [0.1, 0.15) is 72.3 Å². The summed E-state index contributed by atoms with van der Waals surface area (Å²) >= 11 is 1.28. The minimum absolute atomic E-state index is 0.0762. The first-order chi connectivity index (χ1) is 15.6. The number of esters is 1. The predicted molar refractivity (Wildman–Crippen MR) is 138 cm³/mol. The van der Waals surface area contributed by atoms with Gasteiger partial charge in [-0.2, -0.15) is 0 Å². The Hall–Kier alpha value is -1.59. The summed E-state index contributed by atoms with van der Waals surface area (Å²) in [4.78, 5) is 37.7. The molecule has 6 nitrogen and oxygen atoms in total. The van der Waals surface area contributed by atoms with Gasteiger partial charge in [0.15, 0.2) is 5.12 Å². The highest BCUT2D eigenvalue weighted by Crippen LogP contribution is 2.41. The van der Waals surface area contributed by atoms with Crippen LogP contribution < -0.4 is 5.32 Å². The molecule has 8 heteroatoms. The SMILES string of the molecule is CCCCP(CCCC)CSC(=O)C[C@H](NC(=O)OC(C)(C)C)C(=O)OCc1ccccc1. The van der Waals surface area contributed by atoms with E-state index < -0.39 is 23.7 Å². The summed E-state index contributed by atoms with van der Waals surface area (Å²) in [5, 5.41) is 2.41. The molecular formula is C25H40NO5PS. The molecule has 0 saturated carbocycles. The number of nitrogens with one attached hydrogen (secondary N) is 1. The van der Waals surface area contributed by atoms with Gasteiger partial charge < -0.3 is 14.8 Å². The highest BCUT2D eigenvalue weighted by atomic mass is 32.2. The van der Waals surface area contributed by atoms with Crippen LogP contribution in [0.2, 0.25) is 0 Å². The number of ether oxygens (including phenoxy) is 2. The maximum Gasteiger partial charge on any atom is 0.408 e. The molecule has 0 fully saturated rings. The van der Waals surface area contributed by atoms with E-state index in [1.165, 1.54) is 36.9 Å². The molecule has 186 valence electrons. The van der Waals surface area contributed by atoms with Crippen molar-refractivity contribution in [3.8, 4) is 0 Å². The van der Waals surface area contributed by atoms with E-state index in [4.69, 9.17) is 9.47 Å². The summed E-state index contributed by atoms with van der Waals surface area (Å²) in [5.74, 6) is -0.641. The fourth-order valence-corrected chi connectivity index (χ4v) is 7.24. The highest BCUT2D eigenvalue weighted by molar-refractivity contribution is 8.17. The second kappa shape index (κ2) is 16.1. The normalized spacial score (nSPS) is 12.3. The first-order valence-corrected chi connectivity index (χ1v) is 14.6. The van der Waals surface area contributed by atoms with Crippen LogP contribution in [-0.2, 0) is 25.7 Å². The number of unbranched alkanes of at least 4 members (excludes halogenated alkanes) is 2. The maximum absolute atomic E-state index is 12.7. The zero-order valence-corrected chi connectivity index (χ0v) is 22.4. The number of hydrogen-bond acceptors (Lipinski definition) is 6. The maximum atomic E-state index is 12.7. The van der Waals surface area contributed by atoms with Crippen molar-refractivity contribution in [3.63, 3.8) is 0 Å². The van der Waals surface area contributed by atoms with Crippen LogP contribution in [0.25, 0.3) is 0 Å². The van der Waals surface area contributed by atoms with E-state index in [9.17, 15) is 14.4 Å². The van der Waals surface area contributed by atoms with Gasteiger partial charge >= 0.3 is 12.1 Å². The lowest BCUT2D eigenvalue weighted by atomic mass is 10.2. The molecule has 1 N–H and O–H groups in total. The Labute approximate surface area is 204 Å². The van der Waals surface area contributed by atoms with Crippen LogP contribution in [0, 0.1) is 0 Å². The smallest absolute Gasteiger partial charge is 0.408 e. The van der Waals surface area contributed by atoms with Crippen LogP contribution in [0.3, 0.4) is 0 Å². The van der Waals surface area contributed by atoms with Crippen molar-refractivity contribution in [1.82, 2.24) is 5.32 Å². The predicted octanol–water partition coefficient (Wildman–Crippen LogP) is 6.31. The van der Waals surface area contributed by atoms with Gasteiger partial charge in [0.1, 0.15) is 18.2 Å². The number of hydrogen-bond donors (Lipinski definition) is 1. The third-order valence-electron chi connectivity index (χ3n) is 4.63. The number of benzene rings is 1. The summed E-state index contributed by atoms with van der Waals surface area (Å²) in [6, 6.07) is 8.20. The fraction of sp³-hybridized carbons (Fsp3) is 0.640. The number of thioether (sulfide) groups is 1. The van der Waals surface area contributed by atoms with Crippen LogP contribution in [0.4, 0.5) is 4.79 Å². The lowest BCUT2D eigenvalue weighted by molar-refractivity contribution is -0.148. The number of carbonyl (C=O) groups is 3. The van der Waals surface area contributed by atoms with Gasteiger partial charge in [0.25, 0.3) is 0 Å². The Morgan fingerprint density at radius 3 is 2.18 bits per heavy atom. The molecule has 0 aliphatic carbocycles. The summed E-state index contributed by atoms with van der Waals surface area (Å²) in [6.45, 7) is 9.66. The van der Waals surface area contributed by atoms with E-state index in [-0.39, 0.29) is 26.1 Å². The minimum atomic E-state index is -1.08. The van der Waals surface area contributed by atoms with Crippen molar-refractivity contribution >= 4 is 36.9 Å².